The van der Waals surface area contributed by atoms with Crippen LogP contribution in [0.4, 0.5) is 0 Å². The quantitative estimate of drug-likeness (QED) is 0.831. The Morgan fingerprint density at radius 1 is 1.05 bits per heavy atom. The van der Waals surface area contributed by atoms with Crippen LogP contribution in [-0.2, 0) is 11.4 Å². The monoisotopic (exact) mass is 364 g/mol. The van der Waals surface area contributed by atoms with Crippen LogP contribution < -0.4 is 9.47 Å². The number of carboxylic acids is 1. The van der Waals surface area contributed by atoms with Gasteiger partial charge in [0.2, 0.25) is 0 Å². The average molecular weight is 365 g/mol. The molecule has 5 heteroatoms. The summed E-state index contributed by atoms with van der Waals surface area (Å²) >= 11 is 3.37. The average Bonchev–Trinajstić information content (AvgIpc) is 2.48. The van der Waals surface area contributed by atoms with E-state index in [2.05, 4.69) is 15.9 Å². The van der Waals surface area contributed by atoms with Crippen molar-refractivity contribution in [1.29, 1.82) is 0 Å². The number of hydrogen-bond donors (Lipinski definition) is 1. The lowest BCUT2D eigenvalue weighted by Gasteiger charge is -2.21. The van der Waals surface area contributed by atoms with Gasteiger partial charge in [-0.3, -0.25) is 0 Å². The third-order valence-corrected chi connectivity index (χ3v) is 3.56. The molecule has 0 amide bonds. The molecule has 2 rings (SSSR count). The maximum atomic E-state index is 11.0. The van der Waals surface area contributed by atoms with E-state index in [1.54, 1.807) is 12.1 Å². The van der Waals surface area contributed by atoms with Crippen molar-refractivity contribution in [2.75, 3.05) is 0 Å². The topological polar surface area (TPSA) is 55.8 Å². The first-order valence-electron chi connectivity index (χ1n) is 6.76. The molecule has 0 saturated heterocycles. The summed E-state index contributed by atoms with van der Waals surface area (Å²) in [5.74, 6) is 0.297. The predicted molar refractivity (Wildman–Crippen MR) is 87.3 cm³/mol. The van der Waals surface area contributed by atoms with Crippen LogP contribution in [-0.4, -0.2) is 16.7 Å². The zero-order chi connectivity index (χ0) is 16.2. The summed E-state index contributed by atoms with van der Waals surface area (Å²) in [6, 6.07) is 14.8. The molecule has 2 aromatic rings. The van der Waals surface area contributed by atoms with Crippen molar-refractivity contribution < 1.29 is 19.4 Å². The van der Waals surface area contributed by atoms with Gasteiger partial charge >= 0.3 is 5.97 Å². The van der Waals surface area contributed by atoms with E-state index in [1.807, 2.05) is 36.4 Å². The van der Waals surface area contributed by atoms with Gasteiger partial charge in [0.25, 0.3) is 0 Å². The van der Waals surface area contributed by atoms with Crippen molar-refractivity contribution in [3.05, 3.63) is 58.6 Å². The molecule has 0 atom stereocenters. The number of benzene rings is 2. The van der Waals surface area contributed by atoms with Crippen molar-refractivity contribution in [3.63, 3.8) is 0 Å². The van der Waals surface area contributed by atoms with Crippen LogP contribution in [0.5, 0.6) is 11.5 Å². The standard InChI is InChI=1S/C17H17BrO4/c1-17(2,16(19)20)22-15-7-3-12(4-8-15)11-21-14-9-5-13(18)6-10-14/h3-10H,11H2,1-2H3,(H,19,20). The Labute approximate surface area is 137 Å². The fourth-order valence-corrected chi connectivity index (χ4v) is 1.95. The number of ether oxygens (including phenoxy) is 2. The van der Waals surface area contributed by atoms with Crippen molar-refractivity contribution in [2.45, 2.75) is 26.1 Å². The second kappa shape index (κ2) is 6.83. The molecule has 0 radical (unpaired) electrons. The molecule has 4 nitrogen and oxygen atoms in total. The minimum absolute atomic E-state index is 0.435. The van der Waals surface area contributed by atoms with Gasteiger partial charge < -0.3 is 14.6 Å². The number of carboxylic acid groups (broad SMARTS) is 1. The van der Waals surface area contributed by atoms with Gasteiger partial charge in [-0.1, -0.05) is 28.1 Å². The zero-order valence-corrected chi connectivity index (χ0v) is 14.0. The molecular weight excluding hydrogens is 348 g/mol. The van der Waals surface area contributed by atoms with Crippen LogP contribution in [0.25, 0.3) is 0 Å². The molecule has 0 aliphatic carbocycles. The van der Waals surface area contributed by atoms with Gasteiger partial charge in [-0.2, -0.15) is 0 Å². The van der Waals surface area contributed by atoms with E-state index in [0.29, 0.717) is 12.4 Å². The Hall–Kier alpha value is -2.01. The smallest absolute Gasteiger partial charge is 0.347 e. The normalized spacial score (nSPS) is 11.0. The van der Waals surface area contributed by atoms with E-state index >= 15 is 0 Å². The number of hydrogen-bond acceptors (Lipinski definition) is 3. The van der Waals surface area contributed by atoms with Crippen molar-refractivity contribution in [2.24, 2.45) is 0 Å². The van der Waals surface area contributed by atoms with E-state index in [1.165, 1.54) is 13.8 Å². The first kappa shape index (κ1) is 16.4. The molecule has 2 aromatic carbocycles. The molecule has 0 bridgehead atoms. The molecule has 0 heterocycles. The third-order valence-electron chi connectivity index (χ3n) is 3.03. The molecule has 22 heavy (non-hydrogen) atoms. The molecule has 0 aliphatic heterocycles. The third kappa shape index (κ3) is 4.49. The van der Waals surface area contributed by atoms with Crippen molar-refractivity contribution >= 4 is 21.9 Å². The number of halogens is 1. The molecule has 0 aliphatic rings. The van der Waals surface area contributed by atoms with Crippen LogP contribution in [0.3, 0.4) is 0 Å². The lowest BCUT2D eigenvalue weighted by atomic mass is 10.1. The molecular formula is C17H17BrO4. The first-order valence-corrected chi connectivity index (χ1v) is 7.56. The van der Waals surface area contributed by atoms with Crippen molar-refractivity contribution in [1.82, 2.24) is 0 Å². The zero-order valence-electron chi connectivity index (χ0n) is 12.4. The molecule has 116 valence electrons. The lowest BCUT2D eigenvalue weighted by Crippen LogP contribution is -2.37. The SMILES string of the molecule is CC(C)(Oc1ccc(COc2ccc(Br)cc2)cc1)C(=O)O. The molecule has 0 spiro atoms. The van der Waals surface area contributed by atoms with Crippen LogP contribution in [0.15, 0.2) is 53.0 Å². The summed E-state index contributed by atoms with van der Waals surface area (Å²) in [5, 5.41) is 9.04. The maximum absolute atomic E-state index is 11.0. The second-order valence-corrected chi connectivity index (χ2v) is 6.22. The van der Waals surface area contributed by atoms with Gasteiger partial charge in [0.05, 0.1) is 0 Å². The number of rotatable bonds is 6. The van der Waals surface area contributed by atoms with Gasteiger partial charge in [0.15, 0.2) is 5.60 Å². The number of aliphatic carboxylic acids is 1. The summed E-state index contributed by atoms with van der Waals surface area (Å²) in [4.78, 5) is 11.0. The van der Waals surface area contributed by atoms with Crippen LogP contribution in [0.1, 0.15) is 19.4 Å². The Kier molecular flexibility index (Phi) is 5.08. The van der Waals surface area contributed by atoms with Crippen LogP contribution in [0, 0.1) is 0 Å². The second-order valence-electron chi connectivity index (χ2n) is 5.30. The Morgan fingerprint density at radius 2 is 1.59 bits per heavy atom. The molecule has 0 saturated carbocycles. The maximum Gasteiger partial charge on any atom is 0.347 e. The summed E-state index contributed by atoms with van der Waals surface area (Å²) in [7, 11) is 0. The minimum atomic E-state index is -1.25. The van der Waals surface area contributed by atoms with Crippen LogP contribution in [0.2, 0.25) is 0 Å². The fraction of sp³-hybridized carbons (Fsp3) is 0.235. The van der Waals surface area contributed by atoms with Gasteiger partial charge in [0, 0.05) is 4.47 Å². The van der Waals surface area contributed by atoms with E-state index in [-0.39, 0.29) is 0 Å². The van der Waals surface area contributed by atoms with Gasteiger partial charge in [-0.05, 0) is 55.8 Å². The fourth-order valence-electron chi connectivity index (χ4n) is 1.69. The van der Waals surface area contributed by atoms with Crippen molar-refractivity contribution in [3.8, 4) is 11.5 Å². The predicted octanol–water partition coefficient (Wildman–Crippen LogP) is 4.27. The van der Waals surface area contributed by atoms with E-state index in [9.17, 15) is 4.79 Å². The van der Waals surface area contributed by atoms with Gasteiger partial charge in [-0.15, -0.1) is 0 Å². The highest BCUT2D eigenvalue weighted by atomic mass is 79.9. The van der Waals surface area contributed by atoms with Gasteiger partial charge in [0.1, 0.15) is 18.1 Å². The minimum Gasteiger partial charge on any atom is -0.489 e. The largest absolute Gasteiger partial charge is 0.489 e. The lowest BCUT2D eigenvalue weighted by molar-refractivity contribution is -0.152. The molecule has 0 unspecified atom stereocenters. The van der Waals surface area contributed by atoms with Gasteiger partial charge in [-0.25, -0.2) is 4.79 Å². The van der Waals surface area contributed by atoms with E-state index < -0.39 is 11.6 Å². The van der Waals surface area contributed by atoms with E-state index in [0.717, 1.165) is 15.8 Å². The highest BCUT2D eigenvalue weighted by Crippen LogP contribution is 2.21. The summed E-state index contributed by atoms with van der Waals surface area (Å²) in [6.45, 7) is 3.46. The highest BCUT2D eigenvalue weighted by molar-refractivity contribution is 9.10. The Balaban J connectivity index is 1.94. The molecule has 0 fully saturated rings. The van der Waals surface area contributed by atoms with Crippen LogP contribution >= 0.6 is 15.9 Å². The Morgan fingerprint density at radius 3 is 2.14 bits per heavy atom. The summed E-state index contributed by atoms with van der Waals surface area (Å²) in [5.41, 5.74) is -0.279. The summed E-state index contributed by atoms with van der Waals surface area (Å²) in [6.07, 6.45) is 0. The Bertz CT molecular complexity index is 633. The van der Waals surface area contributed by atoms with E-state index in [4.69, 9.17) is 14.6 Å². The molecule has 1 N–H and O–H groups in total. The molecule has 0 aromatic heterocycles. The highest BCUT2D eigenvalue weighted by Gasteiger charge is 2.29. The summed E-state index contributed by atoms with van der Waals surface area (Å²) < 4.78 is 12.1. The first-order chi connectivity index (χ1) is 10.4. The number of carbonyl (C=O) groups is 1.